The number of halogens is 3. The van der Waals surface area contributed by atoms with Gasteiger partial charge in [0.2, 0.25) is 5.95 Å². The Hall–Kier alpha value is -2.97. The Labute approximate surface area is 165 Å². The standard InChI is InChI=1S/C20H19F3N6/c21-20(22,23)14-7-3-1-5-12(14)17-24-15-8-4-2-6-13(15)18(25-17)27-19-26-16(28-29-19)11-9-10-11/h1,3,5,7,11H,2,4,6,8-10H2,(H2,24,25,26,27,28,29). The number of aromatic nitrogens is 5. The molecule has 0 bridgehead atoms. The van der Waals surface area contributed by atoms with E-state index in [1.165, 1.54) is 12.1 Å². The SMILES string of the molecule is FC(F)(F)c1ccccc1-c1nc2c(c(Nc3n[nH]c(C4CC4)n3)n1)CCCC2. The molecule has 2 N–H and O–H groups in total. The van der Waals surface area contributed by atoms with Gasteiger partial charge in [-0.1, -0.05) is 18.2 Å². The predicted octanol–water partition coefficient (Wildman–Crippen LogP) is 4.78. The van der Waals surface area contributed by atoms with Crippen molar-refractivity contribution in [2.24, 2.45) is 0 Å². The summed E-state index contributed by atoms with van der Waals surface area (Å²) in [7, 11) is 0. The van der Waals surface area contributed by atoms with Gasteiger partial charge < -0.3 is 5.32 Å². The minimum Gasteiger partial charge on any atom is -0.307 e. The van der Waals surface area contributed by atoms with Gasteiger partial charge >= 0.3 is 6.18 Å². The van der Waals surface area contributed by atoms with Crippen LogP contribution in [0, 0.1) is 0 Å². The Balaban J connectivity index is 1.58. The van der Waals surface area contributed by atoms with Crippen molar-refractivity contribution in [2.75, 3.05) is 5.32 Å². The Morgan fingerprint density at radius 3 is 2.59 bits per heavy atom. The molecule has 0 saturated heterocycles. The van der Waals surface area contributed by atoms with E-state index in [0.717, 1.165) is 61.7 Å². The smallest absolute Gasteiger partial charge is 0.307 e. The predicted molar refractivity (Wildman–Crippen MR) is 101 cm³/mol. The van der Waals surface area contributed by atoms with E-state index in [0.29, 0.717) is 17.7 Å². The minimum atomic E-state index is -4.48. The van der Waals surface area contributed by atoms with E-state index < -0.39 is 11.7 Å². The number of alkyl halides is 3. The van der Waals surface area contributed by atoms with Crippen LogP contribution in [-0.2, 0) is 19.0 Å². The molecular weight excluding hydrogens is 381 g/mol. The van der Waals surface area contributed by atoms with Gasteiger partial charge in [0.25, 0.3) is 0 Å². The molecule has 9 heteroatoms. The second-order valence-electron chi connectivity index (χ2n) is 7.52. The van der Waals surface area contributed by atoms with Gasteiger partial charge in [-0.25, -0.2) is 9.97 Å². The van der Waals surface area contributed by atoms with Crippen molar-refractivity contribution >= 4 is 11.8 Å². The van der Waals surface area contributed by atoms with Gasteiger partial charge in [-0.05, 0) is 44.6 Å². The molecule has 0 amide bonds. The lowest BCUT2D eigenvalue weighted by molar-refractivity contribution is -0.137. The number of H-pyrrole nitrogens is 1. The first-order valence-corrected chi connectivity index (χ1v) is 9.75. The fourth-order valence-electron chi connectivity index (χ4n) is 3.72. The maximum atomic E-state index is 13.5. The number of benzene rings is 1. The maximum absolute atomic E-state index is 13.5. The summed E-state index contributed by atoms with van der Waals surface area (Å²) < 4.78 is 40.5. The van der Waals surface area contributed by atoms with Crippen molar-refractivity contribution in [1.29, 1.82) is 0 Å². The summed E-state index contributed by atoms with van der Waals surface area (Å²) in [6.07, 6.45) is 1.15. The quantitative estimate of drug-likeness (QED) is 0.659. The Kier molecular flexibility index (Phi) is 4.25. The molecule has 2 aliphatic carbocycles. The second-order valence-corrected chi connectivity index (χ2v) is 7.52. The lowest BCUT2D eigenvalue weighted by Crippen LogP contribution is -2.14. The molecule has 0 radical (unpaired) electrons. The third-order valence-corrected chi connectivity index (χ3v) is 5.35. The number of rotatable bonds is 4. The molecule has 3 aromatic rings. The van der Waals surface area contributed by atoms with Crippen molar-refractivity contribution < 1.29 is 13.2 Å². The average molecular weight is 400 g/mol. The summed E-state index contributed by atoms with van der Waals surface area (Å²) in [5, 5.41) is 10.2. The van der Waals surface area contributed by atoms with Gasteiger partial charge in [-0.2, -0.15) is 18.2 Å². The zero-order valence-electron chi connectivity index (χ0n) is 15.6. The lowest BCUT2D eigenvalue weighted by atomic mass is 9.96. The van der Waals surface area contributed by atoms with Crippen LogP contribution in [0.3, 0.4) is 0 Å². The number of nitrogens with zero attached hydrogens (tertiary/aromatic N) is 4. The molecule has 1 aromatic carbocycles. The summed E-state index contributed by atoms with van der Waals surface area (Å²) in [4.78, 5) is 13.4. The first-order valence-electron chi connectivity index (χ1n) is 9.75. The third kappa shape index (κ3) is 3.56. The molecule has 6 nitrogen and oxygen atoms in total. The van der Waals surface area contributed by atoms with E-state index in [9.17, 15) is 13.2 Å². The molecule has 1 saturated carbocycles. The molecular formula is C20H19F3N6. The number of hydrogen-bond donors (Lipinski definition) is 2. The third-order valence-electron chi connectivity index (χ3n) is 5.35. The Bertz CT molecular complexity index is 1050. The second kappa shape index (κ2) is 6.82. The zero-order valence-corrected chi connectivity index (χ0v) is 15.6. The van der Waals surface area contributed by atoms with Crippen LogP contribution in [0.1, 0.15) is 54.2 Å². The van der Waals surface area contributed by atoms with E-state index in [1.54, 1.807) is 6.07 Å². The normalized spacial score (nSPS) is 16.5. The van der Waals surface area contributed by atoms with E-state index in [2.05, 4.69) is 30.5 Å². The number of nitrogens with one attached hydrogen (secondary N) is 2. The van der Waals surface area contributed by atoms with Gasteiger partial charge in [0.15, 0.2) is 5.82 Å². The van der Waals surface area contributed by atoms with Crippen molar-refractivity contribution in [3.63, 3.8) is 0 Å². The first kappa shape index (κ1) is 18.1. The van der Waals surface area contributed by atoms with Crippen LogP contribution < -0.4 is 5.32 Å². The van der Waals surface area contributed by atoms with Crippen LogP contribution in [-0.4, -0.2) is 25.1 Å². The molecule has 0 spiro atoms. The fraction of sp³-hybridized carbons (Fsp3) is 0.400. The van der Waals surface area contributed by atoms with E-state index in [-0.39, 0.29) is 11.4 Å². The first-order chi connectivity index (χ1) is 14.0. The van der Waals surface area contributed by atoms with Gasteiger partial charge in [0, 0.05) is 22.7 Å². The summed E-state index contributed by atoms with van der Waals surface area (Å²) in [6, 6.07) is 5.41. The van der Waals surface area contributed by atoms with Crippen molar-refractivity contribution in [1.82, 2.24) is 25.1 Å². The van der Waals surface area contributed by atoms with Gasteiger partial charge in [-0.15, -0.1) is 5.10 Å². The molecule has 0 aliphatic heterocycles. The average Bonchev–Trinajstić information content (AvgIpc) is 3.46. The monoisotopic (exact) mass is 400 g/mol. The summed E-state index contributed by atoms with van der Waals surface area (Å²) in [5.74, 6) is 2.19. The van der Waals surface area contributed by atoms with Crippen LogP contribution in [0.25, 0.3) is 11.4 Å². The molecule has 0 unspecified atom stereocenters. The number of fused-ring (bicyclic) bond motifs is 1. The zero-order chi connectivity index (χ0) is 20.0. The van der Waals surface area contributed by atoms with Crippen LogP contribution in [0.2, 0.25) is 0 Å². The minimum absolute atomic E-state index is 0.0231. The highest BCUT2D eigenvalue weighted by Gasteiger charge is 2.34. The van der Waals surface area contributed by atoms with Crippen molar-refractivity contribution in [3.8, 4) is 11.4 Å². The number of anilines is 2. The number of aryl methyl sites for hydroxylation is 1. The fourth-order valence-corrected chi connectivity index (χ4v) is 3.72. The van der Waals surface area contributed by atoms with Gasteiger partial charge in [0.05, 0.1) is 5.56 Å². The molecule has 5 rings (SSSR count). The highest BCUT2D eigenvalue weighted by atomic mass is 19.4. The van der Waals surface area contributed by atoms with E-state index in [4.69, 9.17) is 0 Å². The largest absolute Gasteiger partial charge is 0.417 e. The van der Waals surface area contributed by atoms with Crippen LogP contribution >= 0.6 is 0 Å². The topological polar surface area (TPSA) is 79.4 Å². The lowest BCUT2D eigenvalue weighted by Gasteiger charge is -2.20. The van der Waals surface area contributed by atoms with Gasteiger partial charge in [0.1, 0.15) is 11.6 Å². The maximum Gasteiger partial charge on any atom is 0.417 e. The molecule has 150 valence electrons. The summed E-state index contributed by atoms with van der Waals surface area (Å²) in [5.41, 5.74) is 0.960. The number of aromatic amines is 1. The highest BCUT2D eigenvalue weighted by Crippen LogP contribution is 2.39. The molecule has 2 aromatic heterocycles. The molecule has 2 heterocycles. The highest BCUT2D eigenvalue weighted by molar-refractivity contribution is 5.66. The summed E-state index contributed by atoms with van der Waals surface area (Å²) in [6.45, 7) is 0. The Morgan fingerprint density at radius 2 is 1.79 bits per heavy atom. The molecule has 0 atom stereocenters. The van der Waals surface area contributed by atoms with Gasteiger partial charge in [-0.3, -0.25) is 5.10 Å². The van der Waals surface area contributed by atoms with Crippen LogP contribution in [0.15, 0.2) is 24.3 Å². The Morgan fingerprint density at radius 1 is 1.00 bits per heavy atom. The van der Waals surface area contributed by atoms with E-state index in [1.807, 2.05) is 0 Å². The van der Waals surface area contributed by atoms with E-state index >= 15 is 0 Å². The molecule has 29 heavy (non-hydrogen) atoms. The van der Waals surface area contributed by atoms with Crippen molar-refractivity contribution in [2.45, 2.75) is 50.6 Å². The van der Waals surface area contributed by atoms with Crippen LogP contribution in [0.5, 0.6) is 0 Å². The number of hydrogen-bond acceptors (Lipinski definition) is 5. The molecule has 2 aliphatic rings. The summed E-state index contributed by atoms with van der Waals surface area (Å²) >= 11 is 0. The van der Waals surface area contributed by atoms with Crippen LogP contribution in [0.4, 0.5) is 24.9 Å². The molecule has 1 fully saturated rings. The van der Waals surface area contributed by atoms with Crippen molar-refractivity contribution in [3.05, 3.63) is 46.9 Å².